The smallest absolute Gasteiger partial charge is 0.303 e. The zero-order chi connectivity index (χ0) is 36.7. The average molecular weight is 683 g/mol. The van der Waals surface area contributed by atoms with Gasteiger partial charge < -0.3 is 38.6 Å². The third-order valence-corrected chi connectivity index (χ3v) is 8.96. The van der Waals surface area contributed by atoms with Crippen molar-refractivity contribution in [2.24, 2.45) is 11.8 Å². The lowest BCUT2D eigenvalue weighted by Crippen LogP contribution is -2.46. The summed E-state index contributed by atoms with van der Waals surface area (Å²) in [5, 5.41) is 20.6. The standard InChI is InChI=1S/C38H66O10/c1-13-31(40)21-23-38(12,48-30(10)44-16-4)34(45-28(8)39)20-19-26(6)35(42)25(5)18-17-22-37(11,47-29(9)43-15-3)24-33-36(46-33)27(7)32(41)14-2/h17-20,22,26-27,29-34,36,40-41H,13-16,21,23-24H2,1-12H3/b20-19+,22-17+,25-18+. The summed E-state index contributed by atoms with van der Waals surface area (Å²) in [4.78, 5) is 25.6. The number of carbonyl (C=O) groups excluding carboxylic acids is 2. The van der Waals surface area contributed by atoms with Crippen LogP contribution in [0.1, 0.15) is 115 Å². The van der Waals surface area contributed by atoms with Crippen molar-refractivity contribution in [1.29, 1.82) is 0 Å². The fourth-order valence-electron chi connectivity index (χ4n) is 5.89. The van der Waals surface area contributed by atoms with Crippen LogP contribution in [0.4, 0.5) is 0 Å². The molecule has 10 heteroatoms. The Morgan fingerprint density at radius 3 is 2.04 bits per heavy atom. The summed E-state index contributed by atoms with van der Waals surface area (Å²) >= 11 is 0. The lowest BCUT2D eigenvalue weighted by molar-refractivity contribution is -0.227. The Morgan fingerprint density at radius 1 is 0.896 bits per heavy atom. The quantitative estimate of drug-likeness (QED) is 0.0271. The van der Waals surface area contributed by atoms with E-state index in [9.17, 15) is 19.8 Å². The fraction of sp³-hybridized carbons (Fsp3) is 0.789. The number of epoxide rings is 1. The van der Waals surface area contributed by atoms with Gasteiger partial charge in [-0.15, -0.1) is 0 Å². The van der Waals surface area contributed by atoms with Crippen LogP contribution in [-0.2, 0) is 38.0 Å². The Bertz CT molecular complexity index is 1060. The number of Topliss-reactive ketones (excluding diaryl/α,β-unsaturated/α-hetero) is 1. The molecule has 0 bridgehead atoms. The first-order chi connectivity index (χ1) is 22.4. The first-order valence-electron chi connectivity index (χ1n) is 17.8. The van der Waals surface area contributed by atoms with Crippen LogP contribution in [0, 0.1) is 11.8 Å². The van der Waals surface area contributed by atoms with Crippen molar-refractivity contribution in [1.82, 2.24) is 0 Å². The van der Waals surface area contributed by atoms with Crippen molar-refractivity contribution in [2.75, 3.05) is 13.2 Å². The zero-order valence-electron chi connectivity index (χ0n) is 31.7. The molecule has 0 amide bonds. The molecule has 48 heavy (non-hydrogen) atoms. The van der Waals surface area contributed by atoms with Gasteiger partial charge in [-0.05, 0) is 85.8 Å². The van der Waals surface area contributed by atoms with E-state index in [-0.39, 0.29) is 23.9 Å². The Balaban J connectivity index is 3.17. The number of aliphatic hydroxyl groups excluding tert-OH is 2. The first kappa shape index (κ1) is 44.1. The molecule has 2 N–H and O–H groups in total. The highest BCUT2D eigenvalue weighted by molar-refractivity contribution is 5.97. The van der Waals surface area contributed by atoms with Crippen molar-refractivity contribution < 1.29 is 48.2 Å². The van der Waals surface area contributed by atoms with Crippen LogP contribution >= 0.6 is 0 Å². The van der Waals surface area contributed by atoms with Gasteiger partial charge in [0.1, 0.15) is 11.7 Å². The molecule has 0 aromatic carbocycles. The number of ether oxygens (including phenoxy) is 6. The van der Waals surface area contributed by atoms with Crippen LogP contribution in [0.2, 0.25) is 0 Å². The summed E-state index contributed by atoms with van der Waals surface area (Å²) in [6.45, 7) is 22.9. The van der Waals surface area contributed by atoms with Gasteiger partial charge in [-0.1, -0.05) is 52.0 Å². The van der Waals surface area contributed by atoms with Crippen LogP contribution < -0.4 is 0 Å². The summed E-state index contributed by atoms with van der Waals surface area (Å²) in [5.41, 5.74) is -1.20. The molecule has 278 valence electrons. The molecule has 1 fully saturated rings. The maximum atomic E-state index is 13.4. The Morgan fingerprint density at radius 2 is 1.50 bits per heavy atom. The Kier molecular flexibility index (Phi) is 19.6. The Hall–Kier alpha value is -1.92. The van der Waals surface area contributed by atoms with Crippen LogP contribution in [0.15, 0.2) is 36.0 Å². The minimum Gasteiger partial charge on any atom is -0.455 e. The average Bonchev–Trinajstić information content (AvgIpc) is 3.78. The van der Waals surface area contributed by atoms with Crippen LogP contribution in [0.25, 0.3) is 0 Å². The van der Waals surface area contributed by atoms with Crippen LogP contribution in [0.5, 0.6) is 0 Å². The van der Waals surface area contributed by atoms with Gasteiger partial charge in [-0.2, -0.15) is 0 Å². The minimum absolute atomic E-state index is 0.0210. The van der Waals surface area contributed by atoms with Gasteiger partial charge in [-0.25, -0.2) is 0 Å². The van der Waals surface area contributed by atoms with Crippen LogP contribution in [-0.4, -0.2) is 89.5 Å². The van der Waals surface area contributed by atoms with Crippen molar-refractivity contribution >= 4 is 11.8 Å². The summed E-state index contributed by atoms with van der Waals surface area (Å²) < 4.78 is 35.5. The van der Waals surface area contributed by atoms with Gasteiger partial charge in [0.25, 0.3) is 0 Å². The van der Waals surface area contributed by atoms with Crippen molar-refractivity contribution in [3.05, 3.63) is 36.0 Å². The summed E-state index contributed by atoms with van der Waals surface area (Å²) in [6.07, 6.45) is 8.75. The summed E-state index contributed by atoms with van der Waals surface area (Å²) in [7, 11) is 0. The topological polar surface area (TPSA) is 133 Å². The highest BCUT2D eigenvalue weighted by atomic mass is 16.7. The molecule has 0 aliphatic carbocycles. The molecule has 0 aromatic rings. The number of rotatable bonds is 25. The number of esters is 1. The summed E-state index contributed by atoms with van der Waals surface area (Å²) in [5.74, 6) is -1.08. The third kappa shape index (κ3) is 15.3. The fourth-order valence-corrected chi connectivity index (χ4v) is 5.89. The van der Waals surface area contributed by atoms with Gasteiger partial charge in [0.2, 0.25) is 0 Å². The van der Waals surface area contributed by atoms with Gasteiger partial charge in [0.05, 0.1) is 30.0 Å². The second kappa shape index (κ2) is 21.3. The predicted molar refractivity (Wildman–Crippen MR) is 187 cm³/mol. The third-order valence-electron chi connectivity index (χ3n) is 8.96. The first-order valence-corrected chi connectivity index (χ1v) is 17.8. The zero-order valence-corrected chi connectivity index (χ0v) is 31.7. The lowest BCUT2D eigenvalue weighted by atomic mass is 9.89. The molecular weight excluding hydrogens is 616 g/mol. The normalized spacial score (nSPS) is 23.9. The molecule has 0 spiro atoms. The largest absolute Gasteiger partial charge is 0.455 e. The maximum Gasteiger partial charge on any atom is 0.303 e. The number of ketones is 1. The van der Waals surface area contributed by atoms with E-state index in [1.807, 2.05) is 67.5 Å². The molecule has 1 rings (SSSR count). The van der Waals surface area contributed by atoms with Gasteiger partial charge in [-0.3, -0.25) is 9.59 Å². The highest BCUT2D eigenvalue weighted by Crippen LogP contribution is 2.39. The van der Waals surface area contributed by atoms with E-state index in [0.29, 0.717) is 50.9 Å². The number of aliphatic hydroxyl groups is 2. The molecule has 1 heterocycles. The number of hydrogen-bond acceptors (Lipinski definition) is 10. The molecule has 0 saturated carbocycles. The molecule has 0 aromatic heterocycles. The predicted octanol–water partition coefficient (Wildman–Crippen LogP) is 6.61. The molecule has 1 aliphatic heterocycles. The Labute approximate surface area is 290 Å². The molecule has 1 saturated heterocycles. The number of carbonyl (C=O) groups is 2. The van der Waals surface area contributed by atoms with E-state index < -0.39 is 54.0 Å². The van der Waals surface area contributed by atoms with E-state index in [4.69, 9.17) is 28.4 Å². The highest BCUT2D eigenvalue weighted by Gasteiger charge is 2.48. The number of allylic oxidation sites excluding steroid dienone is 4. The van der Waals surface area contributed by atoms with Crippen LogP contribution in [0.3, 0.4) is 0 Å². The maximum absolute atomic E-state index is 13.4. The van der Waals surface area contributed by atoms with Gasteiger partial charge >= 0.3 is 5.97 Å². The lowest BCUT2D eigenvalue weighted by Gasteiger charge is -2.38. The van der Waals surface area contributed by atoms with E-state index in [2.05, 4.69) is 0 Å². The molecular formula is C38H66O10. The monoisotopic (exact) mass is 682 g/mol. The second-order valence-electron chi connectivity index (χ2n) is 13.5. The molecule has 0 radical (unpaired) electrons. The summed E-state index contributed by atoms with van der Waals surface area (Å²) in [6, 6.07) is 0. The SMILES string of the molecule is CCOC(C)OC(C)(/C=C/C=C(\C)C(=O)C(C)/C=C/C(OC(C)=O)C(C)(CCC(O)CC)OC(C)OCC)CC1OC1C(C)C(O)CC. The second-order valence-corrected chi connectivity index (χ2v) is 13.5. The van der Waals surface area contributed by atoms with Gasteiger partial charge in [0, 0.05) is 38.4 Å². The molecule has 11 atom stereocenters. The minimum atomic E-state index is -1.01. The van der Waals surface area contributed by atoms with E-state index in [0.717, 1.165) is 0 Å². The van der Waals surface area contributed by atoms with Crippen molar-refractivity contribution in [3.63, 3.8) is 0 Å². The van der Waals surface area contributed by atoms with E-state index in [1.54, 1.807) is 39.0 Å². The van der Waals surface area contributed by atoms with Gasteiger partial charge in [0.15, 0.2) is 18.4 Å². The van der Waals surface area contributed by atoms with E-state index in [1.165, 1.54) is 6.92 Å². The van der Waals surface area contributed by atoms with E-state index >= 15 is 0 Å². The van der Waals surface area contributed by atoms with Crippen molar-refractivity contribution in [3.8, 4) is 0 Å². The molecule has 11 unspecified atom stereocenters. The molecule has 10 nitrogen and oxygen atoms in total. The molecule has 1 aliphatic rings. The van der Waals surface area contributed by atoms with Crippen molar-refractivity contribution in [2.45, 2.75) is 169 Å². The number of hydrogen-bond donors (Lipinski definition) is 2.